The van der Waals surface area contributed by atoms with E-state index in [-0.39, 0.29) is 0 Å². The minimum Gasteiger partial charge on any atom is -0.288 e. The van der Waals surface area contributed by atoms with Crippen LogP contribution in [0.1, 0.15) is 11.1 Å². The minimum atomic E-state index is 0.738. The van der Waals surface area contributed by atoms with Gasteiger partial charge in [0.2, 0.25) is 0 Å². The summed E-state index contributed by atoms with van der Waals surface area (Å²) < 4.78 is 2.01. The molecule has 2 rings (SSSR count). The molecule has 2 aromatic rings. The average molecular weight is 211 g/mol. The summed E-state index contributed by atoms with van der Waals surface area (Å²) in [6.07, 6.45) is 5.95. The van der Waals surface area contributed by atoms with Crippen molar-refractivity contribution in [3.8, 4) is 0 Å². The van der Waals surface area contributed by atoms with Gasteiger partial charge in [-0.3, -0.25) is 4.99 Å². The molecule has 0 bridgehead atoms. The highest BCUT2D eigenvalue weighted by Crippen LogP contribution is 2.00. The number of nitrogens with zero attached hydrogens (tertiary/aromatic N) is 2. The van der Waals surface area contributed by atoms with E-state index in [1.54, 1.807) is 0 Å². The first-order valence-electron chi connectivity index (χ1n) is 5.33. The molecule has 0 saturated heterocycles. The first-order chi connectivity index (χ1) is 7.84. The number of hydrogen-bond acceptors (Lipinski definition) is 1. The lowest BCUT2D eigenvalue weighted by Gasteiger charge is -1.94. The molecule has 0 atom stereocenters. The molecule has 1 heterocycles. The number of aryl methyl sites for hydroxylation is 1. The summed E-state index contributed by atoms with van der Waals surface area (Å²) >= 11 is 0. The van der Waals surface area contributed by atoms with Gasteiger partial charge in [-0.1, -0.05) is 30.3 Å². The molecule has 0 aliphatic rings. The fraction of sp³-hybridized carbons (Fsp3) is 0.143. The maximum atomic E-state index is 4.41. The Morgan fingerprint density at radius 1 is 1.06 bits per heavy atom. The molecule has 0 spiro atoms. The Morgan fingerprint density at radius 3 is 2.44 bits per heavy atom. The van der Waals surface area contributed by atoms with Gasteiger partial charge < -0.3 is 0 Å². The predicted octanol–water partition coefficient (Wildman–Crippen LogP) is 2.13. The number of benzene rings is 1. The van der Waals surface area contributed by atoms with Gasteiger partial charge >= 0.3 is 0 Å². The van der Waals surface area contributed by atoms with Crippen molar-refractivity contribution in [3.63, 3.8) is 0 Å². The summed E-state index contributed by atoms with van der Waals surface area (Å²) in [6, 6.07) is 14.4. The van der Waals surface area contributed by atoms with Crippen LogP contribution in [-0.4, -0.2) is 6.21 Å². The van der Waals surface area contributed by atoms with E-state index in [1.165, 1.54) is 5.56 Å². The van der Waals surface area contributed by atoms with Gasteiger partial charge in [-0.2, -0.15) is 0 Å². The van der Waals surface area contributed by atoms with Gasteiger partial charge in [-0.15, -0.1) is 0 Å². The van der Waals surface area contributed by atoms with Crippen LogP contribution in [0.25, 0.3) is 0 Å². The molecule has 0 aliphatic heterocycles. The molecule has 16 heavy (non-hydrogen) atoms. The van der Waals surface area contributed by atoms with E-state index < -0.39 is 0 Å². The van der Waals surface area contributed by atoms with Crippen LogP contribution < -0.4 is 4.57 Å². The Morgan fingerprint density at radius 2 is 1.75 bits per heavy atom. The van der Waals surface area contributed by atoms with Crippen molar-refractivity contribution >= 4 is 6.21 Å². The molecule has 0 aliphatic carbocycles. The summed E-state index contributed by atoms with van der Waals surface area (Å²) in [5.74, 6) is 0. The van der Waals surface area contributed by atoms with Gasteiger partial charge in [0, 0.05) is 23.9 Å². The average Bonchev–Trinajstić information content (AvgIpc) is 2.33. The summed E-state index contributed by atoms with van der Waals surface area (Å²) in [7, 11) is 2.00. The minimum absolute atomic E-state index is 0.738. The molecular weight excluding hydrogens is 196 g/mol. The zero-order valence-electron chi connectivity index (χ0n) is 9.38. The SMILES string of the molecule is C[n+]1ccc(C=NCc2ccccc2)cc1. The molecule has 1 aromatic heterocycles. The lowest BCUT2D eigenvalue weighted by molar-refractivity contribution is -0.671. The smallest absolute Gasteiger partial charge is 0.169 e. The van der Waals surface area contributed by atoms with Crippen LogP contribution in [0, 0.1) is 0 Å². The van der Waals surface area contributed by atoms with Crippen LogP contribution in [0.15, 0.2) is 59.9 Å². The second-order valence-electron chi connectivity index (χ2n) is 3.75. The lowest BCUT2D eigenvalue weighted by Crippen LogP contribution is -2.25. The van der Waals surface area contributed by atoms with E-state index in [2.05, 4.69) is 29.3 Å². The maximum absolute atomic E-state index is 4.41. The highest BCUT2D eigenvalue weighted by atomic mass is 14.9. The van der Waals surface area contributed by atoms with E-state index in [9.17, 15) is 0 Å². The Balaban J connectivity index is 1.98. The van der Waals surface area contributed by atoms with Crippen molar-refractivity contribution in [1.82, 2.24) is 0 Å². The summed E-state index contributed by atoms with van der Waals surface area (Å²) in [5, 5.41) is 0. The van der Waals surface area contributed by atoms with E-state index >= 15 is 0 Å². The normalized spacial score (nSPS) is 10.8. The lowest BCUT2D eigenvalue weighted by atomic mass is 10.2. The molecule has 0 fully saturated rings. The van der Waals surface area contributed by atoms with Gasteiger partial charge in [0.25, 0.3) is 0 Å². The summed E-state index contributed by atoms with van der Waals surface area (Å²) in [6.45, 7) is 0.738. The third-order valence-electron chi connectivity index (χ3n) is 2.36. The topological polar surface area (TPSA) is 16.2 Å². The molecule has 0 unspecified atom stereocenters. The summed E-state index contributed by atoms with van der Waals surface area (Å²) in [5.41, 5.74) is 2.37. The second kappa shape index (κ2) is 5.21. The molecular formula is C14H15N2+. The number of rotatable bonds is 3. The van der Waals surface area contributed by atoms with Crippen LogP contribution in [0.4, 0.5) is 0 Å². The van der Waals surface area contributed by atoms with Crippen molar-refractivity contribution in [1.29, 1.82) is 0 Å². The van der Waals surface area contributed by atoms with Crippen LogP contribution in [0.3, 0.4) is 0 Å². The first-order valence-corrected chi connectivity index (χ1v) is 5.33. The van der Waals surface area contributed by atoms with Gasteiger partial charge in [0.15, 0.2) is 12.4 Å². The number of pyridine rings is 1. The van der Waals surface area contributed by atoms with Gasteiger partial charge in [-0.05, 0) is 5.56 Å². The quantitative estimate of drug-likeness (QED) is 0.546. The highest BCUT2D eigenvalue weighted by molar-refractivity contribution is 5.78. The third-order valence-corrected chi connectivity index (χ3v) is 2.36. The third kappa shape index (κ3) is 3.02. The van der Waals surface area contributed by atoms with E-state index in [0.717, 1.165) is 12.1 Å². The van der Waals surface area contributed by atoms with Crippen LogP contribution in [-0.2, 0) is 13.6 Å². The molecule has 0 saturated carbocycles. The summed E-state index contributed by atoms with van der Waals surface area (Å²) in [4.78, 5) is 4.41. The van der Waals surface area contributed by atoms with Crippen molar-refractivity contribution in [3.05, 3.63) is 66.0 Å². The van der Waals surface area contributed by atoms with Gasteiger partial charge in [0.1, 0.15) is 7.05 Å². The largest absolute Gasteiger partial charge is 0.288 e. The van der Waals surface area contributed by atoms with Crippen molar-refractivity contribution in [2.75, 3.05) is 0 Å². The zero-order chi connectivity index (χ0) is 11.2. The van der Waals surface area contributed by atoms with Gasteiger partial charge in [0.05, 0.1) is 6.54 Å². The second-order valence-corrected chi connectivity index (χ2v) is 3.75. The first kappa shape index (κ1) is 10.6. The number of hydrogen-bond donors (Lipinski definition) is 0. The number of aliphatic imine (C=N–C) groups is 1. The molecule has 80 valence electrons. The molecule has 2 nitrogen and oxygen atoms in total. The highest BCUT2D eigenvalue weighted by Gasteiger charge is 1.92. The van der Waals surface area contributed by atoms with Crippen LogP contribution in [0.5, 0.6) is 0 Å². The van der Waals surface area contributed by atoms with Crippen molar-refractivity contribution < 1.29 is 4.57 Å². The molecule has 1 aromatic carbocycles. The van der Waals surface area contributed by atoms with Crippen LogP contribution in [0.2, 0.25) is 0 Å². The number of aromatic nitrogens is 1. The van der Waals surface area contributed by atoms with Crippen molar-refractivity contribution in [2.45, 2.75) is 6.54 Å². The molecule has 2 heteroatoms. The van der Waals surface area contributed by atoms with Gasteiger partial charge in [-0.25, -0.2) is 4.57 Å². The van der Waals surface area contributed by atoms with Crippen LogP contribution >= 0.6 is 0 Å². The maximum Gasteiger partial charge on any atom is 0.169 e. The fourth-order valence-electron chi connectivity index (χ4n) is 1.44. The molecule has 0 radical (unpaired) electrons. The van der Waals surface area contributed by atoms with E-state index in [0.29, 0.717) is 0 Å². The standard InChI is InChI=1S/C14H15N2/c1-16-9-7-14(8-10-16)12-15-11-13-5-3-2-4-6-13/h2-10,12H,11H2,1H3/q+1. The Kier molecular flexibility index (Phi) is 3.44. The fourth-order valence-corrected chi connectivity index (χ4v) is 1.44. The monoisotopic (exact) mass is 211 g/mol. The Bertz CT molecular complexity index is 458. The van der Waals surface area contributed by atoms with E-state index in [1.807, 2.05) is 48.4 Å². The molecule has 0 N–H and O–H groups in total. The Labute approximate surface area is 95.9 Å². The molecule has 0 amide bonds. The Hall–Kier alpha value is -1.96. The zero-order valence-corrected chi connectivity index (χ0v) is 9.38. The predicted molar refractivity (Wildman–Crippen MR) is 65.4 cm³/mol. The van der Waals surface area contributed by atoms with E-state index in [4.69, 9.17) is 0 Å². The van der Waals surface area contributed by atoms with Crippen molar-refractivity contribution in [2.24, 2.45) is 12.0 Å².